The predicted molar refractivity (Wildman–Crippen MR) is 34.9 cm³/mol. The van der Waals surface area contributed by atoms with Gasteiger partial charge in [-0.05, 0) is 12.2 Å². The normalized spacial score (nSPS) is 11.2. The maximum atomic E-state index is 11.4. The SMILES string of the molecule is CC(=S)OCCC(F)(F)F. The van der Waals surface area contributed by atoms with Gasteiger partial charge in [-0.3, -0.25) is 0 Å². The summed E-state index contributed by atoms with van der Waals surface area (Å²) < 4.78 is 38.6. The van der Waals surface area contributed by atoms with Crippen LogP contribution >= 0.6 is 12.2 Å². The van der Waals surface area contributed by atoms with Gasteiger partial charge in [-0.2, -0.15) is 13.2 Å². The molecule has 60 valence electrons. The van der Waals surface area contributed by atoms with Crippen LogP contribution < -0.4 is 0 Å². The molecular weight excluding hydrogens is 165 g/mol. The Bertz CT molecular complexity index is 121. The van der Waals surface area contributed by atoms with Gasteiger partial charge in [-0.25, -0.2) is 0 Å². The largest absolute Gasteiger partial charge is 0.487 e. The number of halogens is 3. The van der Waals surface area contributed by atoms with E-state index in [-0.39, 0.29) is 11.7 Å². The molecule has 0 aliphatic carbocycles. The van der Waals surface area contributed by atoms with Gasteiger partial charge in [0, 0.05) is 6.92 Å². The van der Waals surface area contributed by atoms with Crippen LogP contribution in [0.5, 0.6) is 0 Å². The lowest BCUT2D eigenvalue weighted by atomic mass is 10.4. The third-order valence-electron chi connectivity index (χ3n) is 0.691. The van der Waals surface area contributed by atoms with Gasteiger partial charge >= 0.3 is 6.18 Å². The Morgan fingerprint density at radius 1 is 1.50 bits per heavy atom. The Balaban J connectivity index is 3.29. The van der Waals surface area contributed by atoms with Crippen LogP contribution in [-0.2, 0) is 4.74 Å². The van der Waals surface area contributed by atoms with Crippen LogP contribution in [0, 0.1) is 0 Å². The van der Waals surface area contributed by atoms with E-state index in [9.17, 15) is 13.2 Å². The molecule has 0 aromatic heterocycles. The van der Waals surface area contributed by atoms with E-state index in [1.807, 2.05) is 0 Å². The lowest BCUT2D eigenvalue weighted by molar-refractivity contribution is -0.140. The molecule has 0 atom stereocenters. The van der Waals surface area contributed by atoms with Gasteiger partial charge in [-0.15, -0.1) is 0 Å². The molecule has 1 nitrogen and oxygen atoms in total. The second-order valence-electron chi connectivity index (χ2n) is 1.71. The molecule has 0 bridgehead atoms. The van der Waals surface area contributed by atoms with Crippen molar-refractivity contribution in [3.8, 4) is 0 Å². The van der Waals surface area contributed by atoms with E-state index in [2.05, 4.69) is 17.0 Å². The second kappa shape index (κ2) is 3.75. The Labute approximate surface area is 62.2 Å². The Morgan fingerprint density at radius 2 is 2.00 bits per heavy atom. The molecule has 0 fully saturated rings. The zero-order valence-corrected chi connectivity index (χ0v) is 6.18. The van der Waals surface area contributed by atoms with Crippen LogP contribution in [0.3, 0.4) is 0 Å². The van der Waals surface area contributed by atoms with Crippen molar-refractivity contribution in [2.24, 2.45) is 0 Å². The highest BCUT2D eigenvalue weighted by Crippen LogP contribution is 2.18. The third-order valence-corrected chi connectivity index (χ3v) is 0.809. The van der Waals surface area contributed by atoms with E-state index in [4.69, 9.17) is 0 Å². The lowest BCUT2D eigenvalue weighted by Crippen LogP contribution is -2.12. The number of hydrogen-bond acceptors (Lipinski definition) is 2. The first kappa shape index (κ1) is 9.68. The maximum absolute atomic E-state index is 11.4. The zero-order chi connectivity index (χ0) is 8.20. The summed E-state index contributed by atoms with van der Waals surface area (Å²) in [4.78, 5) is 0. The zero-order valence-electron chi connectivity index (χ0n) is 5.36. The minimum absolute atomic E-state index is 0.143. The fourth-order valence-corrected chi connectivity index (χ4v) is 0.394. The number of hydrogen-bond donors (Lipinski definition) is 0. The average molecular weight is 172 g/mol. The summed E-state index contributed by atoms with van der Waals surface area (Å²) in [6.45, 7) is 1.06. The predicted octanol–water partition coefficient (Wildman–Crippen LogP) is 2.30. The van der Waals surface area contributed by atoms with Crippen LogP contribution in [0.2, 0.25) is 0 Å². The van der Waals surface area contributed by atoms with E-state index in [0.29, 0.717) is 0 Å². The molecule has 0 saturated carbocycles. The maximum Gasteiger partial charge on any atom is 0.392 e. The minimum Gasteiger partial charge on any atom is -0.487 e. The Hall–Kier alpha value is -0.320. The van der Waals surface area contributed by atoms with E-state index >= 15 is 0 Å². The van der Waals surface area contributed by atoms with Crippen molar-refractivity contribution >= 4 is 17.3 Å². The van der Waals surface area contributed by atoms with Crippen LogP contribution in [0.25, 0.3) is 0 Å². The summed E-state index contributed by atoms with van der Waals surface area (Å²) in [6, 6.07) is 0. The molecule has 0 spiro atoms. The molecule has 0 saturated heterocycles. The fraction of sp³-hybridized carbons (Fsp3) is 0.800. The summed E-state index contributed by atoms with van der Waals surface area (Å²) in [5.74, 6) is 0. The first-order valence-corrected chi connectivity index (χ1v) is 3.03. The van der Waals surface area contributed by atoms with Crippen molar-refractivity contribution in [2.45, 2.75) is 19.5 Å². The van der Waals surface area contributed by atoms with Gasteiger partial charge in [0.2, 0.25) is 0 Å². The van der Waals surface area contributed by atoms with Gasteiger partial charge in [0.1, 0.15) is 0 Å². The Morgan fingerprint density at radius 3 is 2.30 bits per heavy atom. The van der Waals surface area contributed by atoms with E-state index in [1.54, 1.807) is 0 Å². The fourth-order valence-electron chi connectivity index (χ4n) is 0.310. The average Bonchev–Trinajstić information content (AvgIpc) is 1.59. The molecule has 10 heavy (non-hydrogen) atoms. The standard InChI is InChI=1S/C5H7F3OS/c1-4(10)9-3-2-5(6,7)8/h2-3H2,1H3. The van der Waals surface area contributed by atoms with Crippen molar-refractivity contribution in [1.82, 2.24) is 0 Å². The number of alkyl halides is 3. The van der Waals surface area contributed by atoms with Gasteiger partial charge < -0.3 is 4.74 Å². The summed E-state index contributed by atoms with van der Waals surface area (Å²) in [7, 11) is 0. The highest BCUT2D eigenvalue weighted by atomic mass is 32.1. The molecule has 0 radical (unpaired) electrons. The van der Waals surface area contributed by atoms with Crippen LogP contribution in [0.4, 0.5) is 13.2 Å². The van der Waals surface area contributed by atoms with Crippen molar-refractivity contribution < 1.29 is 17.9 Å². The molecule has 5 heteroatoms. The first-order valence-electron chi connectivity index (χ1n) is 2.62. The van der Waals surface area contributed by atoms with E-state index < -0.39 is 12.6 Å². The molecule has 0 aromatic rings. The van der Waals surface area contributed by atoms with Crippen LogP contribution in [-0.4, -0.2) is 17.8 Å². The van der Waals surface area contributed by atoms with Crippen LogP contribution in [0.1, 0.15) is 13.3 Å². The molecule has 0 N–H and O–H groups in total. The first-order chi connectivity index (χ1) is 4.42. The molecule has 0 heterocycles. The van der Waals surface area contributed by atoms with Crippen molar-refractivity contribution in [1.29, 1.82) is 0 Å². The summed E-state index contributed by atoms with van der Waals surface area (Å²) in [6.07, 6.45) is -5.09. The van der Waals surface area contributed by atoms with Crippen molar-refractivity contribution in [2.75, 3.05) is 6.61 Å². The summed E-state index contributed by atoms with van der Waals surface area (Å²) >= 11 is 4.39. The number of rotatable bonds is 2. The minimum atomic E-state index is -4.15. The lowest BCUT2D eigenvalue weighted by Gasteiger charge is -2.05. The van der Waals surface area contributed by atoms with Gasteiger partial charge in [0.15, 0.2) is 5.05 Å². The number of thiocarbonyl (C=S) groups is 1. The van der Waals surface area contributed by atoms with Crippen molar-refractivity contribution in [3.63, 3.8) is 0 Å². The Kier molecular flexibility index (Phi) is 3.63. The smallest absolute Gasteiger partial charge is 0.392 e. The highest BCUT2D eigenvalue weighted by Gasteiger charge is 2.26. The second-order valence-corrected chi connectivity index (χ2v) is 2.28. The molecule has 0 aliphatic heterocycles. The topological polar surface area (TPSA) is 9.23 Å². The molecule has 0 unspecified atom stereocenters. The van der Waals surface area contributed by atoms with Crippen LogP contribution in [0.15, 0.2) is 0 Å². The van der Waals surface area contributed by atoms with E-state index in [0.717, 1.165) is 0 Å². The summed E-state index contributed by atoms with van der Waals surface area (Å²) in [5, 5.41) is 0.143. The third kappa shape index (κ3) is 7.68. The van der Waals surface area contributed by atoms with Gasteiger partial charge in [0.25, 0.3) is 0 Å². The molecule has 0 rings (SSSR count). The monoisotopic (exact) mass is 172 g/mol. The highest BCUT2D eigenvalue weighted by molar-refractivity contribution is 7.80. The van der Waals surface area contributed by atoms with Gasteiger partial charge in [0.05, 0.1) is 13.0 Å². The van der Waals surface area contributed by atoms with Gasteiger partial charge in [-0.1, -0.05) is 0 Å². The van der Waals surface area contributed by atoms with Crippen molar-refractivity contribution in [3.05, 3.63) is 0 Å². The molecule has 0 amide bonds. The molecular formula is C5H7F3OS. The molecule has 0 aromatic carbocycles. The number of ether oxygens (including phenoxy) is 1. The quantitative estimate of drug-likeness (QED) is 0.591. The van der Waals surface area contributed by atoms with E-state index in [1.165, 1.54) is 6.92 Å². The summed E-state index contributed by atoms with van der Waals surface area (Å²) in [5.41, 5.74) is 0. The molecule has 0 aliphatic rings.